The van der Waals surface area contributed by atoms with Gasteiger partial charge in [0.25, 0.3) is 5.91 Å². The molecule has 2 N–H and O–H groups in total. The first-order valence-corrected chi connectivity index (χ1v) is 16.6. The number of nitrogens with zero attached hydrogens (tertiary/aromatic N) is 2. The van der Waals surface area contributed by atoms with Gasteiger partial charge in [-0.25, -0.2) is 9.48 Å². The van der Waals surface area contributed by atoms with Gasteiger partial charge in [-0.05, 0) is 50.7 Å². The SMILES string of the molecule is CCOC(=O)c1cc(C(=O)N[C@H]2CCCC[C@@H]2OCc2ccccc2)n(C(C)C(=O)N[C@H]2CCCC[C@@H]2OCc2ccccc2)n1. The van der Waals surface area contributed by atoms with Crippen LogP contribution in [0.1, 0.15) is 103 Å². The molecule has 2 aliphatic carbocycles. The zero-order valence-electron chi connectivity index (χ0n) is 26.9. The molecule has 2 aliphatic rings. The van der Waals surface area contributed by atoms with Gasteiger partial charge in [-0.15, -0.1) is 0 Å². The first kappa shape index (κ1) is 33.3. The molecular weight excluding hydrogens is 584 g/mol. The largest absolute Gasteiger partial charge is 0.461 e. The second kappa shape index (κ2) is 16.5. The summed E-state index contributed by atoms with van der Waals surface area (Å²) in [6, 6.07) is 20.1. The summed E-state index contributed by atoms with van der Waals surface area (Å²) in [5.74, 6) is -1.36. The van der Waals surface area contributed by atoms with Crippen LogP contribution in [0.5, 0.6) is 0 Å². The van der Waals surface area contributed by atoms with Crippen molar-refractivity contribution in [3.63, 3.8) is 0 Å². The molecule has 0 saturated heterocycles. The number of amides is 2. The van der Waals surface area contributed by atoms with Crippen LogP contribution in [0.4, 0.5) is 0 Å². The van der Waals surface area contributed by atoms with Crippen molar-refractivity contribution in [1.29, 1.82) is 0 Å². The van der Waals surface area contributed by atoms with Gasteiger partial charge in [0.1, 0.15) is 11.7 Å². The first-order chi connectivity index (χ1) is 22.4. The number of nitrogens with one attached hydrogen (secondary N) is 2. The lowest BCUT2D eigenvalue weighted by Gasteiger charge is -2.33. The first-order valence-electron chi connectivity index (χ1n) is 16.6. The molecule has 2 fully saturated rings. The molecule has 1 heterocycles. The van der Waals surface area contributed by atoms with Crippen LogP contribution < -0.4 is 10.6 Å². The van der Waals surface area contributed by atoms with Crippen molar-refractivity contribution in [3.05, 3.63) is 89.2 Å². The van der Waals surface area contributed by atoms with E-state index in [4.69, 9.17) is 14.2 Å². The summed E-state index contributed by atoms with van der Waals surface area (Å²) in [6.45, 7) is 4.48. The zero-order valence-corrected chi connectivity index (χ0v) is 26.9. The smallest absolute Gasteiger partial charge is 0.358 e. The van der Waals surface area contributed by atoms with E-state index in [0.717, 1.165) is 62.5 Å². The number of hydrogen-bond acceptors (Lipinski definition) is 7. The normalized spacial score (nSPS) is 22.0. The van der Waals surface area contributed by atoms with Gasteiger partial charge in [-0.1, -0.05) is 86.3 Å². The fraction of sp³-hybridized carbons (Fsp3) is 0.500. The van der Waals surface area contributed by atoms with Crippen LogP contribution in [0.3, 0.4) is 0 Å². The predicted molar refractivity (Wildman–Crippen MR) is 173 cm³/mol. The summed E-state index contributed by atoms with van der Waals surface area (Å²) >= 11 is 0. The molecular formula is C36H46N4O6. The quantitative estimate of drug-likeness (QED) is 0.239. The van der Waals surface area contributed by atoms with Gasteiger partial charge >= 0.3 is 5.97 Å². The van der Waals surface area contributed by atoms with Gasteiger partial charge in [0.15, 0.2) is 5.69 Å². The molecule has 1 aromatic heterocycles. The van der Waals surface area contributed by atoms with Crippen LogP contribution in [0.15, 0.2) is 66.7 Å². The molecule has 0 aliphatic heterocycles. The number of hydrogen-bond donors (Lipinski definition) is 2. The highest BCUT2D eigenvalue weighted by molar-refractivity contribution is 5.97. The molecule has 5 atom stereocenters. The third-order valence-corrected chi connectivity index (χ3v) is 8.86. The molecule has 10 heteroatoms. The zero-order chi connectivity index (χ0) is 32.3. The van der Waals surface area contributed by atoms with Crippen LogP contribution in [0.2, 0.25) is 0 Å². The van der Waals surface area contributed by atoms with E-state index in [9.17, 15) is 14.4 Å². The van der Waals surface area contributed by atoms with Crippen LogP contribution in [-0.2, 0) is 32.2 Å². The van der Waals surface area contributed by atoms with Gasteiger partial charge < -0.3 is 24.8 Å². The number of ether oxygens (including phenoxy) is 3. The summed E-state index contributed by atoms with van der Waals surface area (Å²) in [6.07, 6.45) is 6.98. The van der Waals surface area contributed by atoms with Crippen LogP contribution in [-0.4, -0.2) is 58.5 Å². The van der Waals surface area contributed by atoms with Gasteiger partial charge in [0, 0.05) is 6.07 Å². The minimum Gasteiger partial charge on any atom is -0.461 e. The number of carbonyl (C=O) groups is 3. The van der Waals surface area contributed by atoms with Gasteiger partial charge in [-0.2, -0.15) is 5.10 Å². The van der Waals surface area contributed by atoms with Gasteiger partial charge in [-0.3, -0.25) is 9.59 Å². The molecule has 2 saturated carbocycles. The predicted octanol–water partition coefficient (Wildman–Crippen LogP) is 5.52. The Morgan fingerprint density at radius 3 is 1.87 bits per heavy atom. The van der Waals surface area contributed by atoms with Crippen LogP contribution in [0.25, 0.3) is 0 Å². The topological polar surface area (TPSA) is 121 Å². The van der Waals surface area contributed by atoms with Gasteiger partial charge in [0.2, 0.25) is 5.91 Å². The molecule has 0 radical (unpaired) electrons. The average Bonchev–Trinajstić information content (AvgIpc) is 3.54. The van der Waals surface area contributed by atoms with E-state index < -0.39 is 17.9 Å². The van der Waals surface area contributed by atoms with Crippen molar-refractivity contribution in [1.82, 2.24) is 20.4 Å². The minimum absolute atomic E-state index is 0.0195. The fourth-order valence-corrected chi connectivity index (χ4v) is 6.30. The Hall–Kier alpha value is -4.02. The highest BCUT2D eigenvalue weighted by Gasteiger charge is 2.33. The van der Waals surface area contributed by atoms with E-state index in [2.05, 4.69) is 15.7 Å². The molecule has 5 rings (SSSR count). The molecule has 3 aromatic rings. The highest BCUT2D eigenvalue weighted by atomic mass is 16.5. The number of carbonyl (C=O) groups excluding carboxylic acids is 3. The maximum absolute atomic E-state index is 13.8. The van der Waals surface area contributed by atoms with E-state index >= 15 is 0 Å². The minimum atomic E-state index is -0.864. The van der Waals surface area contributed by atoms with Crippen molar-refractivity contribution in [2.24, 2.45) is 0 Å². The molecule has 2 amide bonds. The lowest BCUT2D eigenvalue weighted by Crippen LogP contribution is -2.49. The maximum atomic E-state index is 13.8. The lowest BCUT2D eigenvalue weighted by molar-refractivity contribution is -0.126. The monoisotopic (exact) mass is 630 g/mol. The van der Waals surface area contributed by atoms with Crippen LogP contribution in [0, 0.1) is 0 Å². The third kappa shape index (κ3) is 8.82. The van der Waals surface area contributed by atoms with Crippen molar-refractivity contribution in [2.45, 2.75) is 109 Å². The number of rotatable bonds is 13. The summed E-state index contributed by atoms with van der Waals surface area (Å²) < 4.78 is 19.0. The molecule has 0 spiro atoms. The standard InChI is InChI=1S/C36H46N4O6/c1-3-44-36(43)30-22-31(35(42)38-29-19-11-13-21-33(29)46-24-27-16-8-5-9-17-27)40(39-30)25(2)34(41)37-28-18-10-12-20-32(28)45-23-26-14-6-4-7-15-26/h4-9,14-17,22,25,28-29,32-33H,3,10-13,18-21,23-24H2,1-2H3,(H,37,41)(H,38,42)/t25?,28-,29-,32-,33-/m0/s1. The molecule has 2 aromatic carbocycles. The van der Waals surface area contributed by atoms with E-state index in [1.165, 1.54) is 10.7 Å². The molecule has 1 unspecified atom stereocenters. The van der Waals surface area contributed by atoms with Crippen LogP contribution >= 0.6 is 0 Å². The summed E-state index contributed by atoms with van der Waals surface area (Å²) in [4.78, 5) is 40.2. The third-order valence-electron chi connectivity index (χ3n) is 8.86. The number of benzene rings is 2. The Labute approximate surface area is 271 Å². The fourth-order valence-electron chi connectivity index (χ4n) is 6.30. The number of aromatic nitrogens is 2. The highest BCUT2D eigenvalue weighted by Crippen LogP contribution is 2.25. The number of esters is 1. The van der Waals surface area contributed by atoms with E-state index in [0.29, 0.717) is 13.2 Å². The Kier molecular flexibility index (Phi) is 12.0. The Bertz CT molecular complexity index is 1430. The van der Waals surface area contributed by atoms with E-state index in [-0.39, 0.29) is 48.2 Å². The summed E-state index contributed by atoms with van der Waals surface area (Å²) in [7, 11) is 0. The van der Waals surface area contributed by atoms with Crippen molar-refractivity contribution in [2.75, 3.05) is 6.61 Å². The van der Waals surface area contributed by atoms with Crippen molar-refractivity contribution >= 4 is 17.8 Å². The second-order valence-electron chi connectivity index (χ2n) is 12.2. The Morgan fingerprint density at radius 2 is 1.33 bits per heavy atom. The Morgan fingerprint density at radius 1 is 0.804 bits per heavy atom. The average molecular weight is 631 g/mol. The van der Waals surface area contributed by atoms with E-state index in [1.807, 2.05) is 60.7 Å². The summed E-state index contributed by atoms with van der Waals surface area (Å²) in [5, 5.41) is 10.7. The van der Waals surface area contributed by atoms with Crippen molar-refractivity contribution in [3.8, 4) is 0 Å². The van der Waals surface area contributed by atoms with E-state index in [1.54, 1.807) is 13.8 Å². The molecule has 0 bridgehead atoms. The second-order valence-corrected chi connectivity index (χ2v) is 12.2. The summed E-state index contributed by atoms with van der Waals surface area (Å²) in [5.41, 5.74) is 2.25. The molecule has 246 valence electrons. The molecule has 10 nitrogen and oxygen atoms in total. The maximum Gasteiger partial charge on any atom is 0.358 e. The van der Waals surface area contributed by atoms with Gasteiger partial charge in [0.05, 0.1) is 44.1 Å². The molecule has 46 heavy (non-hydrogen) atoms. The Balaban J connectivity index is 1.28. The van der Waals surface area contributed by atoms with Crippen molar-refractivity contribution < 1.29 is 28.6 Å². The lowest BCUT2D eigenvalue weighted by atomic mass is 9.92.